The normalized spacial score (nSPS) is 17.0. The lowest BCUT2D eigenvalue weighted by atomic mass is 9.97. The number of aryl methyl sites for hydroxylation is 1. The highest BCUT2D eigenvalue weighted by Gasteiger charge is 2.35. The summed E-state index contributed by atoms with van der Waals surface area (Å²) in [6.45, 7) is 2.16. The molecule has 140 valence electrons. The van der Waals surface area contributed by atoms with Gasteiger partial charge in [-0.2, -0.15) is 4.31 Å². The first-order valence-corrected chi connectivity index (χ1v) is 9.77. The van der Waals surface area contributed by atoms with Gasteiger partial charge < -0.3 is 14.3 Å². The lowest BCUT2D eigenvalue weighted by molar-refractivity contribution is -0.125. The van der Waals surface area contributed by atoms with E-state index in [-0.39, 0.29) is 35.6 Å². The fraction of sp³-hybridized carbons (Fsp3) is 0.412. The van der Waals surface area contributed by atoms with E-state index >= 15 is 0 Å². The molecule has 0 spiro atoms. The molecular formula is C17H21N3O5S. The van der Waals surface area contributed by atoms with Crippen LogP contribution in [-0.2, 0) is 14.8 Å². The molecule has 0 atom stereocenters. The Hall–Kier alpha value is -2.39. The van der Waals surface area contributed by atoms with E-state index in [4.69, 9.17) is 8.94 Å². The van der Waals surface area contributed by atoms with E-state index < -0.39 is 10.0 Å². The maximum absolute atomic E-state index is 13.1. The Labute approximate surface area is 151 Å². The van der Waals surface area contributed by atoms with E-state index in [1.54, 1.807) is 32.2 Å². The fourth-order valence-corrected chi connectivity index (χ4v) is 4.75. The maximum atomic E-state index is 13.1. The zero-order valence-electron chi connectivity index (χ0n) is 14.6. The predicted octanol–water partition coefficient (Wildman–Crippen LogP) is 1.89. The maximum Gasteiger partial charge on any atom is 0.248 e. The summed E-state index contributed by atoms with van der Waals surface area (Å²) in [6.07, 6.45) is 5.65. The van der Waals surface area contributed by atoms with Gasteiger partial charge in [0.2, 0.25) is 15.9 Å². The van der Waals surface area contributed by atoms with E-state index in [1.807, 2.05) is 0 Å². The number of nitrogens with one attached hydrogen (secondary N) is 1. The van der Waals surface area contributed by atoms with Gasteiger partial charge >= 0.3 is 0 Å². The number of amides is 1. The summed E-state index contributed by atoms with van der Waals surface area (Å²) in [5, 5.41) is 6.42. The topological polar surface area (TPSA) is 106 Å². The number of nitrogens with zero attached hydrogens (tertiary/aromatic N) is 2. The molecule has 0 unspecified atom stereocenters. The minimum absolute atomic E-state index is 0.0507. The number of carbonyl (C=O) groups is 1. The van der Waals surface area contributed by atoms with Crippen molar-refractivity contribution >= 4 is 28.1 Å². The highest BCUT2D eigenvalue weighted by atomic mass is 32.2. The van der Waals surface area contributed by atoms with Crippen molar-refractivity contribution in [3.63, 3.8) is 0 Å². The molecule has 0 radical (unpaired) electrons. The SMILES string of the molecule is CNC(=O)C1CCN(S(=O)(=O)c2c(C)noc2C=Cc2ccco2)CC1. The van der Waals surface area contributed by atoms with Gasteiger partial charge in [-0.15, -0.1) is 0 Å². The Bertz CT molecular complexity index is 891. The van der Waals surface area contributed by atoms with Gasteiger partial charge in [-0.05, 0) is 44.1 Å². The smallest absolute Gasteiger partial charge is 0.248 e. The monoisotopic (exact) mass is 379 g/mol. The van der Waals surface area contributed by atoms with Gasteiger partial charge in [0.05, 0.1) is 6.26 Å². The van der Waals surface area contributed by atoms with Gasteiger partial charge in [0.15, 0.2) is 10.7 Å². The van der Waals surface area contributed by atoms with Crippen LogP contribution in [0.2, 0.25) is 0 Å². The Morgan fingerprint density at radius 2 is 2.08 bits per heavy atom. The minimum Gasteiger partial charge on any atom is -0.465 e. The molecule has 0 aromatic carbocycles. The van der Waals surface area contributed by atoms with Crippen molar-refractivity contribution in [1.82, 2.24) is 14.8 Å². The van der Waals surface area contributed by atoms with Crippen LogP contribution in [0.4, 0.5) is 0 Å². The van der Waals surface area contributed by atoms with Crippen molar-refractivity contribution in [2.24, 2.45) is 5.92 Å². The molecule has 1 N–H and O–H groups in total. The van der Waals surface area contributed by atoms with Crippen molar-refractivity contribution in [2.75, 3.05) is 20.1 Å². The van der Waals surface area contributed by atoms with Crippen LogP contribution >= 0.6 is 0 Å². The molecular weight excluding hydrogens is 358 g/mol. The Morgan fingerprint density at radius 3 is 2.69 bits per heavy atom. The van der Waals surface area contributed by atoms with Crippen LogP contribution in [0.25, 0.3) is 12.2 Å². The fourth-order valence-electron chi connectivity index (χ4n) is 3.03. The van der Waals surface area contributed by atoms with Gasteiger partial charge in [-0.3, -0.25) is 4.79 Å². The molecule has 1 fully saturated rings. The second-order valence-electron chi connectivity index (χ2n) is 6.10. The summed E-state index contributed by atoms with van der Waals surface area (Å²) >= 11 is 0. The van der Waals surface area contributed by atoms with Gasteiger partial charge in [0.25, 0.3) is 0 Å². The second-order valence-corrected chi connectivity index (χ2v) is 7.98. The molecule has 3 rings (SSSR count). The molecule has 3 heterocycles. The number of piperidine rings is 1. The van der Waals surface area contributed by atoms with Crippen LogP contribution in [0, 0.1) is 12.8 Å². The van der Waals surface area contributed by atoms with Crippen molar-refractivity contribution < 1.29 is 22.2 Å². The zero-order chi connectivity index (χ0) is 18.7. The first-order valence-electron chi connectivity index (χ1n) is 8.33. The molecule has 0 bridgehead atoms. The number of carbonyl (C=O) groups excluding carboxylic acids is 1. The highest BCUT2D eigenvalue weighted by Crippen LogP contribution is 2.29. The molecule has 8 nitrogen and oxygen atoms in total. The third-order valence-electron chi connectivity index (χ3n) is 4.44. The molecule has 1 amide bonds. The molecule has 0 saturated carbocycles. The van der Waals surface area contributed by atoms with Gasteiger partial charge in [-0.25, -0.2) is 8.42 Å². The molecule has 9 heteroatoms. The third-order valence-corrected chi connectivity index (χ3v) is 6.50. The Kier molecular flexibility index (Phi) is 5.28. The standard InChI is InChI=1S/C17H21N3O5S/c1-12-16(15(25-19-12)6-5-14-4-3-11-24-14)26(22,23)20-9-7-13(8-10-20)17(21)18-2/h3-6,11,13H,7-10H2,1-2H3,(H,18,21). The first-order chi connectivity index (χ1) is 12.4. The van der Waals surface area contributed by atoms with Crippen molar-refractivity contribution in [1.29, 1.82) is 0 Å². The molecule has 0 aliphatic carbocycles. The summed E-state index contributed by atoms with van der Waals surface area (Å²) in [5.74, 6) is 0.528. The molecule has 1 aliphatic heterocycles. The quantitative estimate of drug-likeness (QED) is 0.850. The molecule has 26 heavy (non-hydrogen) atoms. The van der Waals surface area contributed by atoms with Crippen LogP contribution in [0.1, 0.15) is 30.1 Å². The van der Waals surface area contributed by atoms with Crippen LogP contribution in [0.5, 0.6) is 0 Å². The van der Waals surface area contributed by atoms with Crippen molar-refractivity contribution in [2.45, 2.75) is 24.7 Å². The molecule has 2 aromatic heterocycles. The number of aromatic nitrogens is 1. The van der Waals surface area contributed by atoms with E-state index in [0.29, 0.717) is 24.3 Å². The minimum atomic E-state index is -3.76. The zero-order valence-corrected chi connectivity index (χ0v) is 15.5. The lowest BCUT2D eigenvalue weighted by Gasteiger charge is -2.30. The number of hydrogen-bond acceptors (Lipinski definition) is 6. The Morgan fingerprint density at radius 1 is 1.35 bits per heavy atom. The molecule has 1 saturated heterocycles. The number of hydrogen-bond donors (Lipinski definition) is 1. The third kappa shape index (κ3) is 3.58. The van der Waals surface area contributed by atoms with Gasteiger partial charge in [-0.1, -0.05) is 5.16 Å². The molecule has 2 aromatic rings. The molecule has 1 aliphatic rings. The number of sulfonamides is 1. The van der Waals surface area contributed by atoms with Gasteiger partial charge in [0, 0.05) is 26.1 Å². The predicted molar refractivity (Wildman–Crippen MR) is 94.4 cm³/mol. The summed E-state index contributed by atoms with van der Waals surface area (Å²) in [4.78, 5) is 11.8. The number of rotatable bonds is 5. The summed E-state index contributed by atoms with van der Waals surface area (Å²) < 4.78 is 37.9. The summed E-state index contributed by atoms with van der Waals surface area (Å²) in [7, 11) is -2.18. The lowest BCUT2D eigenvalue weighted by Crippen LogP contribution is -2.42. The average Bonchev–Trinajstić information content (AvgIpc) is 3.29. The van der Waals surface area contributed by atoms with E-state index in [1.165, 1.54) is 16.6 Å². The summed E-state index contributed by atoms with van der Waals surface area (Å²) in [6, 6.07) is 3.48. The first kappa shape index (κ1) is 18.4. The van der Waals surface area contributed by atoms with Crippen LogP contribution in [0.15, 0.2) is 32.2 Å². The largest absolute Gasteiger partial charge is 0.465 e. The van der Waals surface area contributed by atoms with Crippen LogP contribution < -0.4 is 5.32 Å². The van der Waals surface area contributed by atoms with E-state index in [2.05, 4.69) is 10.5 Å². The number of furan rings is 1. The van der Waals surface area contributed by atoms with Crippen LogP contribution in [0.3, 0.4) is 0 Å². The Balaban J connectivity index is 1.82. The van der Waals surface area contributed by atoms with E-state index in [9.17, 15) is 13.2 Å². The highest BCUT2D eigenvalue weighted by molar-refractivity contribution is 7.89. The average molecular weight is 379 g/mol. The van der Waals surface area contributed by atoms with Crippen molar-refractivity contribution in [3.8, 4) is 0 Å². The second kappa shape index (κ2) is 7.46. The van der Waals surface area contributed by atoms with Gasteiger partial charge in [0.1, 0.15) is 11.5 Å². The van der Waals surface area contributed by atoms with E-state index in [0.717, 1.165) is 0 Å². The summed E-state index contributed by atoms with van der Waals surface area (Å²) in [5.41, 5.74) is 0.303. The van der Waals surface area contributed by atoms with Crippen LogP contribution in [-0.4, -0.2) is 43.9 Å². The van der Waals surface area contributed by atoms with Crippen molar-refractivity contribution in [3.05, 3.63) is 35.6 Å².